The molecule has 1 N–H and O–H groups in total. The van der Waals surface area contributed by atoms with Crippen molar-refractivity contribution in [3.63, 3.8) is 0 Å². The zero-order valence-electron chi connectivity index (χ0n) is 6.65. The summed E-state index contributed by atoms with van der Waals surface area (Å²) in [7, 11) is 1.41. The lowest BCUT2D eigenvalue weighted by atomic mass is 10.3. The molecule has 0 saturated carbocycles. The first-order chi connectivity index (χ1) is 6.06. The van der Waals surface area contributed by atoms with Crippen LogP contribution in [0.3, 0.4) is 0 Å². The first kappa shape index (κ1) is 9.79. The first-order valence-electron chi connectivity index (χ1n) is 3.27. The number of rotatable bonds is 2. The van der Waals surface area contributed by atoms with Crippen LogP contribution in [0.4, 0.5) is 5.69 Å². The van der Waals surface area contributed by atoms with Crippen LogP contribution >= 0.6 is 15.9 Å². The van der Waals surface area contributed by atoms with E-state index in [-0.39, 0.29) is 5.69 Å². The number of phenols is 1. The molecule has 0 amide bonds. The minimum Gasteiger partial charge on any atom is -0.502 e. The fraction of sp³-hybridized carbons (Fsp3) is 0.143. The van der Waals surface area contributed by atoms with Gasteiger partial charge in [-0.2, -0.15) is 0 Å². The minimum atomic E-state index is -0.667. The number of nitro groups is 1. The second-order valence-corrected chi connectivity index (χ2v) is 3.09. The van der Waals surface area contributed by atoms with Gasteiger partial charge in [-0.05, 0) is 15.9 Å². The second-order valence-electron chi connectivity index (χ2n) is 2.23. The average molecular weight is 248 g/mol. The molecule has 6 heteroatoms. The van der Waals surface area contributed by atoms with Crippen LogP contribution in [0.1, 0.15) is 0 Å². The molecule has 0 aromatic heterocycles. The predicted octanol–water partition coefficient (Wildman–Crippen LogP) is 2.07. The number of phenolic OH excluding ortho intramolecular Hbond substituents is 1. The van der Waals surface area contributed by atoms with Crippen molar-refractivity contribution >= 4 is 21.6 Å². The van der Waals surface area contributed by atoms with Crippen molar-refractivity contribution in [1.82, 2.24) is 0 Å². The van der Waals surface area contributed by atoms with Gasteiger partial charge in [0.15, 0.2) is 5.75 Å². The molecule has 0 spiro atoms. The molecule has 0 bridgehead atoms. The van der Waals surface area contributed by atoms with Gasteiger partial charge in [0.25, 0.3) is 0 Å². The summed E-state index contributed by atoms with van der Waals surface area (Å²) in [6.07, 6.45) is 0. The Morgan fingerprint density at radius 3 is 2.69 bits per heavy atom. The SMILES string of the molecule is COc1cc(O)c([N+](=O)[O-])cc1Br. The van der Waals surface area contributed by atoms with E-state index in [1.54, 1.807) is 0 Å². The molecule has 0 aliphatic carbocycles. The molecule has 1 aromatic rings. The smallest absolute Gasteiger partial charge is 0.312 e. The van der Waals surface area contributed by atoms with E-state index in [1.165, 1.54) is 19.2 Å². The number of benzene rings is 1. The number of hydrogen-bond acceptors (Lipinski definition) is 4. The quantitative estimate of drug-likeness (QED) is 0.642. The molecule has 0 unspecified atom stereocenters. The molecule has 0 radical (unpaired) electrons. The highest BCUT2D eigenvalue weighted by atomic mass is 79.9. The largest absolute Gasteiger partial charge is 0.502 e. The van der Waals surface area contributed by atoms with Gasteiger partial charge in [-0.1, -0.05) is 0 Å². The third-order valence-electron chi connectivity index (χ3n) is 1.45. The zero-order valence-corrected chi connectivity index (χ0v) is 8.24. The van der Waals surface area contributed by atoms with Crippen molar-refractivity contribution < 1.29 is 14.8 Å². The van der Waals surface area contributed by atoms with Gasteiger partial charge in [0, 0.05) is 12.1 Å². The summed E-state index contributed by atoms with van der Waals surface area (Å²) in [6, 6.07) is 2.37. The van der Waals surface area contributed by atoms with Gasteiger partial charge in [-0.25, -0.2) is 0 Å². The Morgan fingerprint density at radius 1 is 1.62 bits per heavy atom. The third-order valence-corrected chi connectivity index (χ3v) is 2.07. The Kier molecular flexibility index (Phi) is 2.72. The summed E-state index contributed by atoms with van der Waals surface area (Å²) < 4.78 is 5.26. The van der Waals surface area contributed by atoms with Crippen molar-refractivity contribution in [2.24, 2.45) is 0 Å². The minimum absolute atomic E-state index is 0.350. The van der Waals surface area contributed by atoms with Crippen LogP contribution in [0.2, 0.25) is 0 Å². The predicted molar refractivity (Wildman–Crippen MR) is 49.0 cm³/mol. The summed E-state index contributed by atoms with van der Waals surface area (Å²) in [4.78, 5) is 9.69. The summed E-state index contributed by atoms with van der Waals surface area (Å²) in [6.45, 7) is 0. The van der Waals surface area contributed by atoms with Crippen LogP contribution in [-0.4, -0.2) is 17.1 Å². The normalized spacial score (nSPS) is 9.69. The molecule has 1 rings (SSSR count). The molecular weight excluding hydrogens is 242 g/mol. The molecule has 0 aliphatic rings. The summed E-state index contributed by atoms with van der Waals surface area (Å²) >= 11 is 3.07. The lowest BCUT2D eigenvalue weighted by Crippen LogP contribution is -1.91. The molecular formula is C7H6BrNO4. The Bertz CT molecular complexity index is 353. The van der Waals surface area contributed by atoms with Gasteiger partial charge >= 0.3 is 5.69 Å². The van der Waals surface area contributed by atoms with E-state index in [0.29, 0.717) is 10.2 Å². The van der Waals surface area contributed by atoms with Gasteiger partial charge in [-0.3, -0.25) is 10.1 Å². The van der Waals surface area contributed by atoms with Crippen LogP contribution < -0.4 is 4.74 Å². The highest BCUT2D eigenvalue weighted by Crippen LogP contribution is 2.36. The van der Waals surface area contributed by atoms with Crippen molar-refractivity contribution in [3.8, 4) is 11.5 Å². The standard InChI is InChI=1S/C7H6BrNO4/c1-13-7-3-6(10)5(9(11)12)2-4(7)8/h2-3,10H,1H3. The van der Waals surface area contributed by atoms with Crippen LogP contribution in [0.5, 0.6) is 11.5 Å². The van der Waals surface area contributed by atoms with Gasteiger partial charge in [0.05, 0.1) is 16.5 Å². The zero-order chi connectivity index (χ0) is 10.0. The molecule has 0 fully saturated rings. The molecule has 0 heterocycles. The number of ether oxygens (including phenoxy) is 1. The fourth-order valence-electron chi connectivity index (χ4n) is 0.835. The molecule has 0 atom stereocenters. The maximum absolute atomic E-state index is 10.4. The molecule has 70 valence electrons. The highest BCUT2D eigenvalue weighted by molar-refractivity contribution is 9.10. The average Bonchev–Trinajstić information content (AvgIpc) is 2.07. The van der Waals surface area contributed by atoms with Crippen molar-refractivity contribution in [1.29, 1.82) is 0 Å². The van der Waals surface area contributed by atoms with Crippen LogP contribution in [-0.2, 0) is 0 Å². The summed E-state index contributed by atoms with van der Waals surface area (Å²) in [5.41, 5.74) is -0.354. The van der Waals surface area contributed by atoms with Crippen molar-refractivity contribution in [2.45, 2.75) is 0 Å². The molecule has 5 nitrogen and oxygen atoms in total. The Balaban J connectivity index is 3.28. The lowest BCUT2D eigenvalue weighted by Gasteiger charge is -2.03. The van der Waals surface area contributed by atoms with E-state index in [1.807, 2.05) is 0 Å². The number of halogens is 1. The van der Waals surface area contributed by atoms with Gasteiger partial charge < -0.3 is 9.84 Å². The van der Waals surface area contributed by atoms with E-state index in [4.69, 9.17) is 4.74 Å². The van der Waals surface area contributed by atoms with Crippen molar-refractivity contribution in [3.05, 3.63) is 26.7 Å². The van der Waals surface area contributed by atoms with Gasteiger partial charge in [-0.15, -0.1) is 0 Å². The number of aromatic hydroxyl groups is 1. The Labute approximate surface area is 82.2 Å². The van der Waals surface area contributed by atoms with Crippen LogP contribution in [0.25, 0.3) is 0 Å². The Morgan fingerprint density at radius 2 is 2.23 bits per heavy atom. The fourth-order valence-corrected chi connectivity index (χ4v) is 1.33. The first-order valence-corrected chi connectivity index (χ1v) is 4.06. The molecule has 0 aliphatic heterocycles. The second kappa shape index (κ2) is 3.61. The van der Waals surface area contributed by atoms with Gasteiger partial charge in [0.2, 0.25) is 0 Å². The molecule has 1 aromatic carbocycles. The monoisotopic (exact) mass is 247 g/mol. The maximum Gasteiger partial charge on any atom is 0.312 e. The van der Waals surface area contributed by atoms with E-state index in [0.717, 1.165) is 0 Å². The number of nitrogens with zero attached hydrogens (tertiary/aromatic N) is 1. The number of methoxy groups -OCH3 is 1. The third kappa shape index (κ3) is 1.89. The molecule has 13 heavy (non-hydrogen) atoms. The van der Waals surface area contributed by atoms with Crippen LogP contribution in [0.15, 0.2) is 16.6 Å². The Hall–Kier alpha value is -1.30. The topological polar surface area (TPSA) is 72.6 Å². The maximum atomic E-state index is 10.4. The number of hydrogen-bond donors (Lipinski definition) is 1. The van der Waals surface area contributed by atoms with E-state index < -0.39 is 10.7 Å². The highest BCUT2D eigenvalue weighted by Gasteiger charge is 2.16. The van der Waals surface area contributed by atoms with Gasteiger partial charge in [0.1, 0.15) is 5.75 Å². The molecule has 0 saturated heterocycles. The van der Waals surface area contributed by atoms with E-state index >= 15 is 0 Å². The van der Waals surface area contributed by atoms with E-state index in [2.05, 4.69) is 15.9 Å². The summed E-state index contributed by atoms with van der Waals surface area (Å²) in [5, 5.41) is 19.5. The summed E-state index contributed by atoms with van der Waals surface area (Å²) in [5.74, 6) is -0.0619. The van der Waals surface area contributed by atoms with Crippen molar-refractivity contribution in [2.75, 3.05) is 7.11 Å². The number of nitro benzene ring substituents is 1. The van der Waals surface area contributed by atoms with Crippen LogP contribution in [0, 0.1) is 10.1 Å². The van der Waals surface area contributed by atoms with E-state index in [9.17, 15) is 15.2 Å². The lowest BCUT2D eigenvalue weighted by molar-refractivity contribution is -0.386.